The lowest BCUT2D eigenvalue weighted by atomic mass is 9.99. The Kier molecular flexibility index (Phi) is 5.07. The Morgan fingerprint density at radius 3 is 2.57 bits per heavy atom. The van der Waals surface area contributed by atoms with E-state index in [1.54, 1.807) is 18.6 Å². The van der Waals surface area contributed by atoms with E-state index in [-0.39, 0.29) is 0 Å². The smallest absolute Gasteiger partial charge is 0.172 e. The Morgan fingerprint density at radius 2 is 1.95 bits per heavy atom. The van der Waals surface area contributed by atoms with Crippen molar-refractivity contribution < 1.29 is 0 Å². The topological polar surface area (TPSA) is 55.6 Å². The maximum absolute atomic E-state index is 4.62. The van der Waals surface area contributed by atoms with E-state index < -0.39 is 0 Å². The predicted octanol–water partition coefficient (Wildman–Crippen LogP) is 2.46. The van der Waals surface area contributed by atoms with E-state index in [9.17, 15) is 0 Å². The normalized spacial score (nSPS) is 12.9. The summed E-state index contributed by atoms with van der Waals surface area (Å²) in [7, 11) is 0. The first-order chi connectivity index (χ1) is 9.99. The summed E-state index contributed by atoms with van der Waals surface area (Å²) in [5.41, 5.74) is 3.55. The maximum Gasteiger partial charge on any atom is 0.172 e. The van der Waals surface area contributed by atoms with Crippen LogP contribution in [-0.4, -0.2) is 32.3 Å². The van der Waals surface area contributed by atoms with Gasteiger partial charge in [-0.1, -0.05) is 20.8 Å². The molecule has 1 N–H and O–H groups in total. The molecular formula is C16H25N5. The Hall–Kier alpha value is -1.75. The largest absolute Gasteiger partial charge is 0.314 e. The lowest BCUT2D eigenvalue weighted by Gasteiger charge is -2.15. The van der Waals surface area contributed by atoms with E-state index in [1.807, 2.05) is 4.68 Å². The van der Waals surface area contributed by atoms with Gasteiger partial charge in [-0.05, 0) is 38.3 Å². The van der Waals surface area contributed by atoms with Gasteiger partial charge >= 0.3 is 0 Å². The molecule has 0 aliphatic heterocycles. The van der Waals surface area contributed by atoms with Crippen LogP contribution in [0.2, 0.25) is 0 Å². The van der Waals surface area contributed by atoms with Crippen molar-refractivity contribution in [3.05, 3.63) is 35.5 Å². The molecule has 0 spiro atoms. The molecule has 5 heteroatoms. The van der Waals surface area contributed by atoms with Gasteiger partial charge in [0, 0.05) is 24.1 Å². The summed E-state index contributed by atoms with van der Waals surface area (Å²) in [5.74, 6) is 1.35. The summed E-state index contributed by atoms with van der Waals surface area (Å²) in [5, 5.41) is 8.12. The fourth-order valence-electron chi connectivity index (χ4n) is 2.45. The number of nitrogens with one attached hydrogen (secondary N) is 1. The number of aromatic nitrogens is 4. The second kappa shape index (κ2) is 6.80. The highest BCUT2D eigenvalue weighted by Crippen LogP contribution is 2.19. The highest BCUT2D eigenvalue weighted by molar-refractivity contribution is 5.31. The molecule has 2 aromatic rings. The van der Waals surface area contributed by atoms with Crippen molar-refractivity contribution in [2.24, 2.45) is 5.92 Å². The SMILES string of the molecule is Cc1nn(-c2cnccn2)c(C)c1CC(C)CNC(C)C. The van der Waals surface area contributed by atoms with Crippen LogP contribution in [0.5, 0.6) is 0 Å². The van der Waals surface area contributed by atoms with Gasteiger partial charge in [-0.2, -0.15) is 5.10 Å². The van der Waals surface area contributed by atoms with Gasteiger partial charge in [-0.3, -0.25) is 4.98 Å². The molecule has 0 amide bonds. The van der Waals surface area contributed by atoms with Crippen molar-refractivity contribution in [1.29, 1.82) is 0 Å². The zero-order valence-corrected chi connectivity index (χ0v) is 13.6. The predicted molar refractivity (Wildman–Crippen MR) is 84.6 cm³/mol. The fourth-order valence-corrected chi connectivity index (χ4v) is 2.45. The van der Waals surface area contributed by atoms with Crippen LogP contribution in [0.3, 0.4) is 0 Å². The van der Waals surface area contributed by atoms with Gasteiger partial charge in [0.15, 0.2) is 5.82 Å². The molecule has 2 heterocycles. The molecule has 2 aromatic heterocycles. The van der Waals surface area contributed by atoms with Crippen LogP contribution < -0.4 is 5.32 Å². The molecule has 114 valence electrons. The molecule has 0 fully saturated rings. The van der Waals surface area contributed by atoms with Gasteiger partial charge in [-0.25, -0.2) is 9.67 Å². The summed E-state index contributed by atoms with van der Waals surface area (Å²) in [6.07, 6.45) is 6.14. The molecule has 21 heavy (non-hydrogen) atoms. The Bertz CT molecular complexity index is 574. The molecule has 1 unspecified atom stereocenters. The van der Waals surface area contributed by atoms with Crippen LogP contribution in [0.4, 0.5) is 0 Å². The second-order valence-electron chi connectivity index (χ2n) is 6.00. The monoisotopic (exact) mass is 287 g/mol. The zero-order chi connectivity index (χ0) is 15.4. The van der Waals surface area contributed by atoms with Gasteiger partial charge in [0.25, 0.3) is 0 Å². The zero-order valence-electron chi connectivity index (χ0n) is 13.6. The van der Waals surface area contributed by atoms with E-state index in [1.165, 1.54) is 5.56 Å². The standard InChI is InChI=1S/C16H25N5/c1-11(2)19-9-12(3)8-15-13(4)20-21(14(15)5)16-10-17-6-7-18-16/h6-7,10-12,19H,8-9H2,1-5H3. The molecule has 0 radical (unpaired) electrons. The van der Waals surface area contributed by atoms with Crippen molar-refractivity contribution in [3.63, 3.8) is 0 Å². The van der Waals surface area contributed by atoms with Crippen molar-refractivity contribution in [2.75, 3.05) is 6.54 Å². The molecule has 5 nitrogen and oxygen atoms in total. The maximum atomic E-state index is 4.62. The molecule has 0 aromatic carbocycles. The van der Waals surface area contributed by atoms with E-state index in [2.05, 4.69) is 55.0 Å². The van der Waals surface area contributed by atoms with Crippen molar-refractivity contribution in [1.82, 2.24) is 25.1 Å². The second-order valence-corrected chi connectivity index (χ2v) is 6.00. The van der Waals surface area contributed by atoms with Gasteiger partial charge < -0.3 is 5.32 Å². The van der Waals surface area contributed by atoms with Crippen LogP contribution in [0.25, 0.3) is 5.82 Å². The van der Waals surface area contributed by atoms with Crippen LogP contribution >= 0.6 is 0 Å². The first-order valence-electron chi connectivity index (χ1n) is 7.54. The van der Waals surface area contributed by atoms with Gasteiger partial charge in [-0.15, -0.1) is 0 Å². The van der Waals surface area contributed by atoms with Crippen molar-refractivity contribution in [2.45, 2.75) is 47.1 Å². The summed E-state index contributed by atoms with van der Waals surface area (Å²) in [6.45, 7) is 11.8. The van der Waals surface area contributed by atoms with E-state index >= 15 is 0 Å². The number of hydrogen-bond donors (Lipinski definition) is 1. The summed E-state index contributed by atoms with van der Waals surface area (Å²) in [4.78, 5) is 8.45. The van der Waals surface area contributed by atoms with Gasteiger partial charge in [0.1, 0.15) is 0 Å². The Labute approximate surface area is 126 Å². The third-order valence-electron chi connectivity index (χ3n) is 3.63. The fraction of sp³-hybridized carbons (Fsp3) is 0.562. The minimum Gasteiger partial charge on any atom is -0.314 e. The lowest BCUT2D eigenvalue weighted by molar-refractivity contribution is 0.474. The first kappa shape index (κ1) is 15.6. The van der Waals surface area contributed by atoms with Crippen LogP contribution in [-0.2, 0) is 6.42 Å². The van der Waals surface area contributed by atoms with Crippen molar-refractivity contribution >= 4 is 0 Å². The number of nitrogens with zero attached hydrogens (tertiary/aromatic N) is 4. The third-order valence-corrected chi connectivity index (χ3v) is 3.63. The molecule has 0 bridgehead atoms. The number of aryl methyl sites for hydroxylation is 1. The highest BCUT2D eigenvalue weighted by Gasteiger charge is 2.16. The third kappa shape index (κ3) is 3.88. The summed E-state index contributed by atoms with van der Waals surface area (Å²) in [6, 6.07) is 0.525. The summed E-state index contributed by atoms with van der Waals surface area (Å²) >= 11 is 0. The highest BCUT2D eigenvalue weighted by atomic mass is 15.3. The van der Waals surface area contributed by atoms with Gasteiger partial charge in [0.2, 0.25) is 0 Å². The number of rotatable bonds is 6. The average Bonchev–Trinajstić information content (AvgIpc) is 2.74. The summed E-state index contributed by atoms with van der Waals surface area (Å²) < 4.78 is 1.89. The van der Waals surface area contributed by atoms with Gasteiger partial charge in [0.05, 0.1) is 11.9 Å². The Balaban J connectivity index is 2.16. The van der Waals surface area contributed by atoms with E-state index in [0.717, 1.165) is 30.2 Å². The molecule has 0 saturated heterocycles. The number of hydrogen-bond acceptors (Lipinski definition) is 4. The molecule has 0 saturated carbocycles. The van der Waals surface area contributed by atoms with Crippen LogP contribution in [0.15, 0.2) is 18.6 Å². The molecular weight excluding hydrogens is 262 g/mol. The molecule has 1 atom stereocenters. The molecule has 0 aliphatic rings. The minimum atomic E-state index is 0.525. The first-order valence-corrected chi connectivity index (χ1v) is 7.54. The molecule has 2 rings (SSSR count). The van der Waals surface area contributed by atoms with Crippen molar-refractivity contribution in [3.8, 4) is 5.82 Å². The lowest BCUT2D eigenvalue weighted by Crippen LogP contribution is -2.28. The molecule has 0 aliphatic carbocycles. The minimum absolute atomic E-state index is 0.525. The van der Waals surface area contributed by atoms with E-state index in [0.29, 0.717) is 12.0 Å². The van der Waals surface area contributed by atoms with Crippen LogP contribution in [0, 0.1) is 19.8 Å². The quantitative estimate of drug-likeness (QED) is 0.886. The Morgan fingerprint density at radius 1 is 1.19 bits per heavy atom. The average molecular weight is 287 g/mol. The van der Waals surface area contributed by atoms with E-state index in [4.69, 9.17) is 0 Å². The van der Waals surface area contributed by atoms with Crippen LogP contribution in [0.1, 0.15) is 37.7 Å².